The number of ether oxygens (including phenoxy) is 2. The van der Waals surface area contributed by atoms with Gasteiger partial charge in [0.2, 0.25) is 0 Å². The molecule has 6 nitrogen and oxygen atoms in total. The molecule has 0 aliphatic rings. The van der Waals surface area contributed by atoms with Crippen molar-refractivity contribution in [3.8, 4) is 0 Å². The van der Waals surface area contributed by atoms with Crippen molar-refractivity contribution in [2.24, 2.45) is 0 Å². The van der Waals surface area contributed by atoms with Gasteiger partial charge in [0.05, 0.1) is 0 Å². The van der Waals surface area contributed by atoms with Crippen molar-refractivity contribution in [1.29, 1.82) is 0 Å². The van der Waals surface area contributed by atoms with E-state index in [1.54, 1.807) is 45.0 Å². The average molecular weight is 400 g/mol. The Labute approximate surface area is 150 Å². The van der Waals surface area contributed by atoms with Crippen molar-refractivity contribution < 1.29 is 23.9 Å². The van der Waals surface area contributed by atoms with Crippen LogP contribution in [0, 0.1) is 0 Å². The number of benzene rings is 1. The van der Waals surface area contributed by atoms with Gasteiger partial charge in [-0.1, -0.05) is 28.1 Å². The van der Waals surface area contributed by atoms with Crippen molar-refractivity contribution in [3.05, 3.63) is 34.3 Å². The van der Waals surface area contributed by atoms with Crippen LogP contribution in [0.1, 0.15) is 38.1 Å². The van der Waals surface area contributed by atoms with Crippen LogP contribution < -0.4 is 0 Å². The molecule has 132 valence electrons. The number of hydrogen-bond acceptors (Lipinski definition) is 5. The number of hydrogen-bond donors (Lipinski definition) is 0. The van der Waals surface area contributed by atoms with Crippen molar-refractivity contribution in [2.45, 2.75) is 39.3 Å². The minimum atomic E-state index is -0.863. The lowest BCUT2D eigenvalue weighted by molar-refractivity contribution is -0.147. The number of likely N-dealkylation sites (N-methyl/N-ethyl adjacent to an activating group) is 1. The molecule has 0 aliphatic carbocycles. The molecule has 0 N–H and O–H groups in total. The first-order valence-electron chi connectivity index (χ1n) is 7.42. The first-order valence-corrected chi connectivity index (χ1v) is 8.22. The molecule has 24 heavy (non-hydrogen) atoms. The number of carbonyl (C=O) groups excluding carboxylic acids is 3. The highest BCUT2D eigenvalue weighted by Crippen LogP contribution is 2.13. The van der Waals surface area contributed by atoms with Gasteiger partial charge in [0.25, 0.3) is 0 Å². The van der Waals surface area contributed by atoms with Crippen molar-refractivity contribution in [2.75, 3.05) is 13.7 Å². The summed E-state index contributed by atoms with van der Waals surface area (Å²) in [5, 5.41) is 0. The minimum Gasteiger partial charge on any atom is -0.456 e. The van der Waals surface area contributed by atoms with Gasteiger partial charge < -0.3 is 9.47 Å². The van der Waals surface area contributed by atoms with E-state index in [4.69, 9.17) is 9.47 Å². The van der Waals surface area contributed by atoms with Crippen molar-refractivity contribution >= 4 is 33.8 Å². The van der Waals surface area contributed by atoms with Gasteiger partial charge in [-0.25, -0.2) is 9.59 Å². The second-order valence-electron chi connectivity index (χ2n) is 6.31. The van der Waals surface area contributed by atoms with Crippen LogP contribution in [0.25, 0.3) is 0 Å². The highest BCUT2D eigenvalue weighted by Gasteiger charge is 2.28. The van der Waals surface area contributed by atoms with Gasteiger partial charge in [-0.2, -0.15) is 0 Å². The van der Waals surface area contributed by atoms with E-state index < -0.39 is 23.7 Å². The summed E-state index contributed by atoms with van der Waals surface area (Å²) in [6, 6.07) is 5.87. The lowest BCUT2D eigenvalue weighted by atomic mass is 10.1. The summed E-state index contributed by atoms with van der Waals surface area (Å²) >= 11 is 3.28. The first-order chi connectivity index (χ1) is 11.0. The van der Waals surface area contributed by atoms with Gasteiger partial charge in [0.15, 0.2) is 12.4 Å². The number of rotatable bonds is 5. The summed E-state index contributed by atoms with van der Waals surface area (Å²) in [6.07, 6.45) is -0.633. The van der Waals surface area contributed by atoms with Gasteiger partial charge in [-0.15, -0.1) is 0 Å². The van der Waals surface area contributed by atoms with Gasteiger partial charge in [0.1, 0.15) is 11.6 Å². The molecule has 7 heteroatoms. The van der Waals surface area contributed by atoms with Gasteiger partial charge in [-0.3, -0.25) is 9.69 Å². The molecule has 0 bridgehead atoms. The van der Waals surface area contributed by atoms with Crippen LogP contribution in [-0.4, -0.2) is 48.0 Å². The van der Waals surface area contributed by atoms with Crippen molar-refractivity contribution in [1.82, 2.24) is 4.90 Å². The van der Waals surface area contributed by atoms with Crippen LogP contribution >= 0.6 is 15.9 Å². The Bertz CT molecular complexity index is 606. The SMILES string of the molecule is C[C@@H](C(=O)OCC(=O)c1ccc(Br)cc1)N(C)C(=O)OC(C)(C)C. The molecule has 0 radical (unpaired) electrons. The fourth-order valence-corrected chi connectivity index (χ4v) is 1.89. The van der Waals surface area contributed by atoms with Crippen LogP contribution in [0.4, 0.5) is 4.79 Å². The maximum atomic E-state index is 12.0. The summed E-state index contributed by atoms with van der Waals surface area (Å²) in [5.41, 5.74) is -0.217. The van der Waals surface area contributed by atoms with Gasteiger partial charge in [0, 0.05) is 17.1 Å². The van der Waals surface area contributed by atoms with E-state index in [0.29, 0.717) is 5.56 Å². The number of nitrogens with zero attached hydrogens (tertiary/aromatic N) is 1. The first kappa shape index (κ1) is 20.2. The van der Waals surface area contributed by atoms with E-state index in [1.165, 1.54) is 14.0 Å². The molecule has 1 rings (SSSR count). The standard InChI is InChI=1S/C17H22BrNO5/c1-11(19(5)16(22)24-17(2,3)4)15(21)23-10-14(20)12-6-8-13(18)9-7-12/h6-9,11H,10H2,1-5H3/t11-/m0/s1. The summed E-state index contributed by atoms with van der Waals surface area (Å²) in [6.45, 7) is 6.33. The molecule has 0 heterocycles. The van der Waals surface area contributed by atoms with E-state index >= 15 is 0 Å². The van der Waals surface area contributed by atoms with Crippen molar-refractivity contribution in [3.63, 3.8) is 0 Å². The maximum absolute atomic E-state index is 12.0. The summed E-state index contributed by atoms with van der Waals surface area (Å²) in [5.74, 6) is -0.989. The topological polar surface area (TPSA) is 72.9 Å². The Kier molecular flexibility index (Phi) is 6.95. The highest BCUT2D eigenvalue weighted by atomic mass is 79.9. The number of esters is 1. The summed E-state index contributed by atoms with van der Waals surface area (Å²) < 4.78 is 11.0. The molecule has 1 amide bonds. The molecule has 1 aromatic rings. The molecule has 0 aromatic heterocycles. The van der Waals surface area contributed by atoms with Gasteiger partial charge >= 0.3 is 12.1 Å². The highest BCUT2D eigenvalue weighted by molar-refractivity contribution is 9.10. The molecule has 1 aromatic carbocycles. The lowest BCUT2D eigenvalue weighted by Gasteiger charge is -2.27. The molecule has 0 fully saturated rings. The second-order valence-corrected chi connectivity index (χ2v) is 7.22. The molecule has 0 unspecified atom stereocenters. The number of halogens is 1. The average Bonchev–Trinajstić information content (AvgIpc) is 2.49. The van der Waals surface area contributed by atoms with Crippen LogP contribution in [0.5, 0.6) is 0 Å². The zero-order valence-electron chi connectivity index (χ0n) is 14.5. The minimum absolute atomic E-state index is 0.317. The fraction of sp³-hybridized carbons (Fsp3) is 0.471. The Balaban J connectivity index is 2.56. The molecule has 0 aliphatic heterocycles. The van der Waals surface area contributed by atoms with Gasteiger partial charge in [-0.05, 0) is 39.8 Å². The number of ketones is 1. The maximum Gasteiger partial charge on any atom is 0.410 e. The molecular weight excluding hydrogens is 378 g/mol. The predicted molar refractivity (Wildman–Crippen MR) is 92.9 cm³/mol. The summed E-state index contributed by atoms with van der Waals surface area (Å²) in [7, 11) is 1.44. The Morgan fingerprint density at radius 2 is 1.71 bits per heavy atom. The fourth-order valence-electron chi connectivity index (χ4n) is 1.63. The quantitative estimate of drug-likeness (QED) is 0.559. The third-order valence-electron chi connectivity index (χ3n) is 3.12. The van der Waals surface area contributed by atoms with E-state index in [2.05, 4.69) is 15.9 Å². The third-order valence-corrected chi connectivity index (χ3v) is 3.64. The lowest BCUT2D eigenvalue weighted by Crippen LogP contribution is -2.44. The van der Waals surface area contributed by atoms with Crippen LogP contribution in [0.2, 0.25) is 0 Å². The largest absolute Gasteiger partial charge is 0.456 e. The van der Waals surface area contributed by atoms with E-state index in [1.807, 2.05) is 0 Å². The molecule has 0 saturated heterocycles. The number of carbonyl (C=O) groups is 3. The third kappa shape index (κ3) is 6.31. The predicted octanol–water partition coefficient (Wildman–Crippen LogP) is 3.43. The second kappa shape index (κ2) is 8.28. The Morgan fingerprint density at radius 3 is 2.21 bits per heavy atom. The summed E-state index contributed by atoms with van der Waals surface area (Å²) in [4.78, 5) is 37.0. The monoisotopic (exact) mass is 399 g/mol. The molecule has 1 atom stereocenters. The molecular formula is C17H22BrNO5. The zero-order valence-corrected chi connectivity index (χ0v) is 16.0. The zero-order chi connectivity index (χ0) is 18.5. The van der Waals surface area contributed by atoms with E-state index in [0.717, 1.165) is 9.37 Å². The molecule has 0 saturated carbocycles. The normalized spacial score (nSPS) is 12.2. The number of amides is 1. The number of Topliss-reactive ketones (excluding diaryl/α,β-unsaturated/α-hetero) is 1. The van der Waals surface area contributed by atoms with E-state index in [9.17, 15) is 14.4 Å². The smallest absolute Gasteiger partial charge is 0.410 e. The Hall–Kier alpha value is -1.89. The molecule has 0 spiro atoms. The van der Waals surface area contributed by atoms with Crippen LogP contribution in [-0.2, 0) is 14.3 Å². The van der Waals surface area contributed by atoms with Crippen LogP contribution in [0.3, 0.4) is 0 Å². The Morgan fingerprint density at radius 1 is 1.17 bits per heavy atom. The van der Waals surface area contributed by atoms with Crippen LogP contribution in [0.15, 0.2) is 28.7 Å². The van der Waals surface area contributed by atoms with E-state index in [-0.39, 0.29) is 12.4 Å².